The van der Waals surface area contributed by atoms with E-state index in [1.54, 1.807) is 0 Å². The molecule has 0 radical (unpaired) electrons. The van der Waals surface area contributed by atoms with E-state index in [4.69, 9.17) is 0 Å². The molecule has 8 aromatic rings. The van der Waals surface area contributed by atoms with Crippen molar-refractivity contribution >= 4 is 82.6 Å². The van der Waals surface area contributed by atoms with E-state index in [1.807, 2.05) is 11.3 Å². The average molecular weight is 488 g/mol. The molecule has 3 aromatic heterocycles. The highest BCUT2D eigenvalue weighted by atomic mass is 32.1. The monoisotopic (exact) mass is 488 g/mol. The van der Waals surface area contributed by atoms with E-state index in [-0.39, 0.29) is 0 Å². The quantitative estimate of drug-likeness (QED) is 0.234. The van der Waals surface area contributed by atoms with Gasteiger partial charge in [-0.05, 0) is 41.7 Å². The summed E-state index contributed by atoms with van der Waals surface area (Å²) in [5.41, 5.74) is 11.9. The van der Waals surface area contributed by atoms with Crippen molar-refractivity contribution < 1.29 is 0 Å². The van der Waals surface area contributed by atoms with Gasteiger partial charge in [-0.2, -0.15) is 0 Å². The number of para-hydroxylation sites is 3. The molecule has 0 spiro atoms. The lowest BCUT2D eigenvalue weighted by Crippen LogP contribution is -2.37. The van der Waals surface area contributed by atoms with Crippen LogP contribution in [0.5, 0.6) is 0 Å². The average Bonchev–Trinajstić information content (AvgIpc) is 3.58. The van der Waals surface area contributed by atoms with Crippen molar-refractivity contribution in [2.45, 2.75) is 6.92 Å². The topological polar surface area (TPSA) is 20.7 Å². The zero-order valence-corrected chi connectivity index (χ0v) is 21.1. The second-order valence-electron chi connectivity index (χ2n) is 10.3. The number of nitrogens with one attached hydrogen (secondary N) is 1. The van der Waals surface area contributed by atoms with Crippen LogP contribution in [0.25, 0.3) is 69.8 Å². The van der Waals surface area contributed by atoms with Crippen LogP contribution in [0.2, 0.25) is 0 Å². The number of hydrogen-bond donors (Lipinski definition) is 1. The zero-order valence-electron chi connectivity index (χ0n) is 20.3. The van der Waals surface area contributed by atoms with Gasteiger partial charge in [0.1, 0.15) is 4.83 Å². The number of benzene rings is 5. The number of aromatic amines is 1. The molecule has 4 heterocycles. The fourth-order valence-electron chi connectivity index (χ4n) is 6.73. The van der Waals surface area contributed by atoms with Gasteiger partial charge in [-0.1, -0.05) is 84.3 Å². The summed E-state index contributed by atoms with van der Waals surface area (Å²) in [4.78, 5) is 5.09. The van der Waals surface area contributed by atoms with E-state index in [0.717, 1.165) is 7.28 Å². The van der Waals surface area contributed by atoms with Crippen molar-refractivity contribution in [1.29, 1.82) is 0 Å². The van der Waals surface area contributed by atoms with Crippen LogP contribution in [0.3, 0.4) is 0 Å². The van der Waals surface area contributed by atoms with Crippen LogP contribution in [0.15, 0.2) is 97.1 Å². The Hall–Kier alpha value is -4.28. The Labute approximate surface area is 218 Å². The minimum atomic E-state index is 0.938. The Morgan fingerprint density at radius 3 is 2.46 bits per heavy atom. The molecule has 0 amide bonds. The minimum Gasteiger partial charge on any atom is -0.346 e. The van der Waals surface area contributed by atoms with Crippen LogP contribution in [0.4, 0.5) is 0 Å². The Bertz CT molecular complexity index is 2240. The van der Waals surface area contributed by atoms with Gasteiger partial charge < -0.3 is 9.55 Å². The molecule has 0 unspecified atom stereocenters. The van der Waals surface area contributed by atoms with Gasteiger partial charge in [-0.3, -0.25) is 0 Å². The molecule has 1 N–H and O–H groups in total. The van der Waals surface area contributed by atoms with Crippen LogP contribution in [-0.4, -0.2) is 16.8 Å². The first-order valence-electron chi connectivity index (χ1n) is 12.8. The third-order valence-electron chi connectivity index (χ3n) is 8.22. The normalized spacial score (nSPS) is 12.7. The van der Waals surface area contributed by atoms with E-state index in [1.165, 1.54) is 86.3 Å². The predicted molar refractivity (Wildman–Crippen MR) is 162 cm³/mol. The number of thiophene rings is 1. The molecule has 0 fully saturated rings. The van der Waals surface area contributed by atoms with Gasteiger partial charge in [0.2, 0.25) is 0 Å². The number of H-pyrrole nitrogens is 1. The third-order valence-corrected chi connectivity index (χ3v) is 9.30. The van der Waals surface area contributed by atoms with Crippen molar-refractivity contribution in [1.82, 2.24) is 9.55 Å². The fourth-order valence-corrected chi connectivity index (χ4v) is 7.85. The SMILES string of the molecule is Cc1cc(-c2cccc3c2[nH]c2sc4ccccc4c23)c2c(c1)-n1c3ccccc3c3cccc(c31)B2. The first-order chi connectivity index (χ1) is 18.3. The lowest BCUT2D eigenvalue weighted by atomic mass is 9.59. The third kappa shape index (κ3) is 2.51. The van der Waals surface area contributed by atoms with Gasteiger partial charge >= 0.3 is 0 Å². The van der Waals surface area contributed by atoms with Crippen LogP contribution < -0.4 is 10.9 Å². The molecule has 9 rings (SSSR count). The maximum absolute atomic E-state index is 3.84. The molecule has 2 nitrogen and oxygen atoms in total. The number of aryl methyl sites for hydroxylation is 1. The summed E-state index contributed by atoms with van der Waals surface area (Å²) in [6, 6.07) is 36.0. The zero-order chi connectivity index (χ0) is 24.2. The van der Waals surface area contributed by atoms with Gasteiger partial charge in [0.05, 0.1) is 11.0 Å². The lowest BCUT2D eigenvalue weighted by Gasteiger charge is -2.24. The van der Waals surface area contributed by atoms with E-state index in [0.29, 0.717) is 0 Å². The molecular weight excluding hydrogens is 467 g/mol. The van der Waals surface area contributed by atoms with Crippen molar-refractivity contribution in [3.05, 3.63) is 103 Å². The van der Waals surface area contributed by atoms with Gasteiger partial charge in [-0.15, -0.1) is 11.3 Å². The van der Waals surface area contributed by atoms with Gasteiger partial charge in [0, 0.05) is 48.4 Å². The van der Waals surface area contributed by atoms with Gasteiger partial charge in [0.25, 0.3) is 0 Å². The summed E-state index contributed by atoms with van der Waals surface area (Å²) >= 11 is 1.85. The Morgan fingerprint density at radius 1 is 0.730 bits per heavy atom. The molecular formula is C33H21BN2S. The van der Waals surface area contributed by atoms with Crippen LogP contribution in [-0.2, 0) is 0 Å². The summed E-state index contributed by atoms with van der Waals surface area (Å²) in [7, 11) is 0.938. The first-order valence-corrected chi connectivity index (χ1v) is 13.7. The summed E-state index contributed by atoms with van der Waals surface area (Å²) in [6.07, 6.45) is 0. The number of hydrogen-bond acceptors (Lipinski definition) is 1. The van der Waals surface area contributed by atoms with Gasteiger partial charge in [0.15, 0.2) is 7.28 Å². The molecule has 37 heavy (non-hydrogen) atoms. The van der Waals surface area contributed by atoms with Crippen molar-refractivity contribution in [3.8, 4) is 16.8 Å². The predicted octanol–water partition coefficient (Wildman–Crippen LogP) is 7.31. The number of fused-ring (bicyclic) bond motifs is 10. The Kier molecular flexibility index (Phi) is 3.72. The molecule has 5 aromatic carbocycles. The molecule has 1 aliphatic heterocycles. The molecule has 0 bridgehead atoms. The largest absolute Gasteiger partial charge is 0.346 e. The smallest absolute Gasteiger partial charge is 0.198 e. The van der Waals surface area contributed by atoms with Gasteiger partial charge in [-0.25, -0.2) is 0 Å². The van der Waals surface area contributed by atoms with E-state index in [2.05, 4.69) is 114 Å². The number of rotatable bonds is 1. The van der Waals surface area contributed by atoms with Crippen LogP contribution in [0.1, 0.15) is 5.56 Å². The highest BCUT2D eigenvalue weighted by Crippen LogP contribution is 2.42. The van der Waals surface area contributed by atoms with Crippen molar-refractivity contribution in [2.75, 3.05) is 0 Å². The van der Waals surface area contributed by atoms with Crippen LogP contribution >= 0.6 is 11.3 Å². The molecule has 0 atom stereocenters. The first kappa shape index (κ1) is 19.9. The standard InChI is InChI=1S/C33H21BN2S/c1-18-16-24(20-10-6-12-23-29-22-9-3-5-15-28(22)37-33(29)35-31(20)23)30-27(17-18)36-26-14-4-2-8-19(26)21-11-7-13-25(34-30)32(21)36/h2-17,34-35H,1H3. The summed E-state index contributed by atoms with van der Waals surface area (Å²) in [5.74, 6) is 0. The lowest BCUT2D eigenvalue weighted by molar-refractivity contribution is 1.18. The van der Waals surface area contributed by atoms with Crippen molar-refractivity contribution in [3.63, 3.8) is 0 Å². The second kappa shape index (κ2) is 6.93. The molecule has 4 heteroatoms. The maximum Gasteiger partial charge on any atom is 0.198 e. The molecule has 172 valence electrons. The number of aromatic nitrogens is 2. The minimum absolute atomic E-state index is 0.938. The van der Waals surface area contributed by atoms with E-state index < -0.39 is 0 Å². The van der Waals surface area contributed by atoms with Crippen LogP contribution in [0, 0.1) is 6.92 Å². The number of nitrogens with zero attached hydrogens (tertiary/aromatic N) is 1. The Balaban J connectivity index is 1.39. The molecule has 0 saturated carbocycles. The molecule has 0 aliphatic carbocycles. The highest BCUT2D eigenvalue weighted by Gasteiger charge is 2.26. The molecule has 1 aliphatic rings. The molecule has 0 saturated heterocycles. The van der Waals surface area contributed by atoms with E-state index >= 15 is 0 Å². The summed E-state index contributed by atoms with van der Waals surface area (Å²) < 4.78 is 3.85. The maximum atomic E-state index is 3.84. The Morgan fingerprint density at radius 2 is 1.51 bits per heavy atom. The highest BCUT2D eigenvalue weighted by molar-refractivity contribution is 7.25. The summed E-state index contributed by atoms with van der Waals surface area (Å²) in [6.45, 7) is 2.23. The van der Waals surface area contributed by atoms with E-state index in [9.17, 15) is 0 Å². The van der Waals surface area contributed by atoms with Crippen molar-refractivity contribution in [2.24, 2.45) is 0 Å². The second-order valence-corrected chi connectivity index (χ2v) is 11.4. The fraction of sp³-hybridized carbons (Fsp3) is 0.0303. The summed E-state index contributed by atoms with van der Waals surface area (Å²) in [5, 5.41) is 6.68.